The molecule has 0 atom stereocenters. The smallest absolute Gasteiger partial charge is 0.189 e. The number of hydrogen-bond donors (Lipinski definition) is 0. The largest absolute Gasteiger partial charge is 0.468 e. The minimum atomic E-state index is 0.198. The van der Waals surface area contributed by atoms with Gasteiger partial charge in [-0.1, -0.05) is 18.2 Å². The Balaban J connectivity index is 2.43. The van der Waals surface area contributed by atoms with Gasteiger partial charge >= 0.3 is 0 Å². The highest BCUT2D eigenvalue weighted by Gasteiger charge is 1.86. The van der Waals surface area contributed by atoms with E-state index < -0.39 is 0 Å². The quantitative estimate of drug-likeness (QED) is 0.592. The Labute approximate surface area is 60.4 Å². The van der Waals surface area contributed by atoms with Gasteiger partial charge in [0.1, 0.15) is 5.75 Å². The van der Waals surface area contributed by atoms with Crippen LogP contribution in [-0.2, 0) is 4.74 Å². The predicted molar refractivity (Wildman–Crippen MR) is 38.4 cm³/mol. The van der Waals surface area contributed by atoms with Crippen molar-refractivity contribution < 1.29 is 9.47 Å². The second-order valence-electron chi connectivity index (χ2n) is 1.78. The summed E-state index contributed by atoms with van der Waals surface area (Å²) in [6, 6.07) is 9.45. The lowest BCUT2D eigenvalue weighted by Gasteiger charge is -2.01. The van der Waals surface area contributed by atoms with Crippen molar-refractivity contribution in [2.45, 2.75) is 0 Å². The third kappa shape index (κ3) is 2.07. The van der Waals surface area contributed by atoms with Crippen LogP contribution >= 0.6 is 0 Å². The molecule has 1 rings (SSSR count). The van der Waals surface area contributed by atoms with Crippen molar-refractivity contribution in [2.75, 3.05) is 6.79 Å². The fraction of sp³-hybridized carbons (Fsp3) is 0.125. The van der Waals surface area contributed by atoms with Crippen molar-refractivity contribution in [3.8, 4) is 5.75 Å². The van der Waals surface area contributed by atoms with Crippen LogP contribution in [0.4, 0.5) is 0 Å². The van der Waals surface area contributed by atoms with Gasteiger partial charge in [-0.3, -0.25) is 0 Å². The van der Waals surface area contributed by atoms with Crippen molar-refractivity contribution in [3.05, 3.63) is 37.4 Å². The van der Waals surface area contributed by atoms with Crippen molar-refractivity contribution in [1.29, 1.82) is 0 Å². The van der Waals surface area contributed by atoms with E-state index in [0.717, 1.165) is 5.75 Å². The molecule has 0 amide bonds. The minimum Gasteiger partial charge on any atom is -0.468 e. The van der Waals surface area contributed by atoms with E-state index >= 15 is 0 Å². The van der Waals surface area contributed by atoms with Crippen LogP contribution in [0.2, 0.25) is 0 Å². The monoisotopic (exact) mass is 137 g/mol. The van der Waals surface area contributed by atoms with Gasteiger partial charge in [-0.2, -0.15) is 0 Å². The number of para-hydroxylation sites is 1. The van der Waals surface area contributed by atoms with Crippen LogP contribution in [0, 0.1) is 7.11 Å². The fourth-order valence-electron chi connectivity index (χ4n) is 0.626. The zero-order valence-corrected chi connectivity index (χ0v) is 5.62. The molecule has 0 bridgehead atoms. The molecule has 53 valence electrons. The van der Waals surface area contributed by atoms with Gasteiger partial charge in [-0.15, -0.1) is 0 Å². The maximum Gasteiger partial charge on any atom is 0.189 e. The molecule has 10 heavy (non-hydrogen) atoms. The van der Waals surface area contributed by atoms with Gasteiger partial charge < -0.3 is 9.47 Å². The lowest BCUT2D eigenvalue weighted by Crippen LogP contribution is -1.96. The standard InChI is InChI=1S/C8H9O2/c1-9-7-10-8-5-3-2-4-6-8/h2-6H,1,7H2. The van der Waals surface area contributed by atoms with E-state index in [1.165, 1.54) is 0 Å². The normalized spacial score (nSPS) is 9.30. The van der Waals surface area contributed by atoms with Gasteiger partial charge in [0, 0.05) is 0 Å². The summed E-state index contributed by atoms with van der Waals surface area (Å²) in [5.74, 6) is 0.797. The van der Waals surface area contributed by atoms with Gasteiger partial charge in [-0.25, -0.2) is 0 Å². The Morgan fingerprint density at radius 2 is 1.90 bits per heavy atom. The summed E-state index contributed by atoms with van der Waals surface area (Å²) in [5, 5.41) is 0. The van der Waals surface area contributed by atoms with Crippen LogP contribution in [0.25, 0.3) is 0 Å². The van der Waals surface area contributed by atoms with Gasteiger partial charge in [0.05, 0.1) is 7.11 Å². The Morgan fingerprint density at radius 3 is 2.50 bits per heavy atom. The van der Waals surface area contributed by atoms with Crippen molar-refractivity contribution >= 4 is 0 Å². The molecule has 0 aromatic heterocycles. The van der Waals surface area contributed by atoms with E-state index in [-0.39, 0.29) is 6.79 Å². The van der Waals surface area contributed by atoms with Gasteiger partial charge in [0.15, 0.2) is 6.79 Å². The Morgan fingerprint density at radius 1 is 1.20 bits per heavy atom. The summed E-state index contributed by atoms with van der Waals surface area (Å²) in [4.78, 5) is 0. The van der Waals surface area contributed by atoms with Crippen LogP contribution in [0.15, 0.2) is 30.3 Å². The molecule has 0 heterocycles. The molecular formula is C8H9O2. The second kappa shape index (κ2) is 3.90. The van der Waals surface area contributed by atoms with Gasteiger partial charge in [0.2, 0.25) is 0 Å². The first-order valence-corrected chi connectivity index (χ1v) is 2.98. The highest BCUT2D eigenvalue weighted by atomic mass is 16.7. The first-order valence-electron chi connectivity index (χ1n) is 2.98. The van der Waals surface area contributed by atoms with Crippen molar-refractivity contribution in [1.82, 2.24) is 0 Å². The molecule has 1 aromatic carbocycles. The zero-order valence-electron chi connectivity index (χ0n) is 5.62. The van der Waals surface area contributed by atoms with Gasteiger partial charge in [-0.05, 0) is 12.1 Å². The highest BCUT2D eigenvalue weighted by molar-refractivity contribution is 5.20. The lowest BCUT2D eigenvalue weighted by molar-refractivity contribution is 0.0757. The van der Waals surface area contributed by atoms with E-state index in [2.05, 4.69) is 11.8 Å². The summed E-state index contributed by atoms with van der Waals surface area (Å²) < 4.78 is 9.54. The highest BCUT2D eigenvalue weighted by Crippen LogP contribution is 2.07. The SMILES string of the molecule is [CH2]OCOc1ccccc1. The molecule has 0 aliphatic carbocycles. The predicted octanol–water partition coefficient (Wildman–Crippen LogP) is 1.83. The van der Waals surface area contributed by atoms with Crippen LogP contribution in [0.5, 0.6) is 5.75 Å². The van der Waals surface area contributed by atoms with Gasteiger partial charge in [0.25, 0.3) is 0 Å². The Kier molecular flexibility index (Phi) is 2.77. The summed E-state index contributed by atoms with van der Waals surface area (Å²) in [6.07, 6.45) is 0. The third-order valence-electron chi connectivity index (χ3n) is 1.05. The number of ether oxygens (including phenoxy) is 2. The average Bonchev–Trinajstić information content (AvgIpc) is 2.03. The molecule has 0 fully saturated rings. The molecule has 0 unspecified atom stereocenters. The zero-order chi connectivity index (χ0) is 7.23. The molecule has 0 aliphatic heterocycles. The van der Waals surface area contributed by atoms with E-state index in [1.807, 2.05) is 30.3 Å². The molecular weight excluding hydrogens is 128 g/mol. The fourth-order valence-corrected chi connectivity index (χ4v) is 0.626. The number of rotatable bonds is 3. The second-order valence-corrected chi connectivity index (χ2v) is 1.78. The molecule has 1 radical (unpaired) electrons. The van der Waals surface area contributed by atoms with Crippen LogP contribution in [0.1, 0.15) is 0 Å². The first-order chi connectivity index (χ1) is 4.93. The van der Waals surface area contributed by atoms with Crippen LogP contribution in [0.3, 0.4) is 0 Å². The Bertz CT molecular complexity index is 172. The minimum absolute atomic E-state index is 0.198. The molecule has 1 aromatic rings. The average molecular weight is 137 g/mol. The molecule has 0 N–H and O–H groups in total. The van der Waals surface area contributed by atoms with Crippen LogP contribution in [-0.4, -0.2) is 6.79 Å². The number of benzene rings is 1. The molecule has 0 saturated heterocycles. The molecule has 2 nitrogen and oxygen atoms in total. The Hall–Kier alpha value is -1.02. The third-order valence-corrected chi connectivity index (χ3v) is 1.05. The number of hydrogen-bond acceptors (Lipinski definition) is 2. The van der Waals surface area contributed by atoms with Crippen molar-refractivity contribution in [2.24, 2.45) is 0 Å². The summed E-state index contributed by atoms with van der Waals surface area (Å²) in [6.45, 7) is 0.198. The maximum atomic E-state index is 5.07. The lowest BCUT2D eigenvalue weighted by atomic mass is 10.3. The summed E-state index contributed by atoms with van der Waals surface area (Å²) >= 11 is 0. The topological polar surface area (TPSA) is 18.5 Å². The van der Waals surface area contributed by atoms with E-state index in [9.17, 15) is 0 Å². The van der Waals surface area contributed by atoms with E-state index in [1.54, 1.807) is 0 Å². The molecule has 2 heteroatoms. The van der Waals surface area contributed by atoms with Crippen LogP contribution < -0.4 is 4.74 Å². The summed E-state index contributed by atoms with van der Waals surface area (Å²) in [5.41, 5.74) is 0. The van der Waals surface area contributed by atoms with E-state index in [0.29, 0.717) is 0 Å². The maximum absolute atomic E-state index is 5.07. The first kappa shape index (κ1) is 7.09. The molecule has 0 spiro atoms. The molecule has 0 aliphatic rings. The summed E-state index contributed by atoms with van der Waals surface area (Å²) in [7, 11) is 3.18. The van der Waals surface area contributed by atoms with E-state index in [4.69, 9.17) is 4.74 Å². The van der Waals surface area contributed by atoms with Crippen molar-refractivity contribution in [3.63, 3.8) is 0 Å². The molecule has 0 saturated carbocycles.